The minimum Gasteiger partial charge on any atom is -0.444 e. The fourth-order valence-electron chi connectivity index (χ4n) is 2.66. The highest BCUT2D eigenvalue weighted by molar-refractivity contribution is 5.76. The van der Waals surface area contributed by atoms with E-state index in [2.05, 4.69) is 24.5 Å². The Kier molecular flexibility index (Phi) is 6.86. The predicted octanol–water partition coefficient (Wildman–Crippen LogP) is 2.61. The number of unbranched alkanes of at least 4 members (excludes halogenated alkanes) is 1. The first-order valence-corrected chi connectivity index (χ1v) is 8.34. The van der Waals surface area contributed by atoms with Gasteiger partial charge >= 0.3 is 6.09 Å². The van der Waals surface area contributed by atoms with Gasteiger partial charge < -0.3 is 20.1 Å². The standard InChI is InChI=1S/C17H32N2O4/c1-16(2,3)23-15(21)19-13-11-12(17(13,4)5)18-14(20)9-7-8-10-22-6/h12-13H,7-11H2,1-6H3,(H,18,20)(H,19,21)/t12-,13-/m0/s1. The van der Waals surface area contributed by atoms with Gasteiger partial charge in [-0.25, -0.2) is 4.79 Å². The van der Waals surface area contributed by atoms with Crippen LogP contribution >= 0.6 is 0 Å². The van der Waals surface area contributed by atoms with Crippen molar-refractivity contribution in [3.63, 3.8) is 0 Å². The van der Waals surface area contributed by atoms with Crippen molar-refractivity contribution >= 4 is 12.0 Å². The van der Waals surface area contributed by atoms with Gasteiger partial charge in [0.1, 0.15) is 5.60 Å². The van der Waals surface area contributed by atoms with E-state index in [1.807, 2.05) is 20.8 Å². The van der Waals surface area contributed by atoms with Crippen molar-refractivity contribution in [1.82, 2.24) is 10.6 Å². The molecule has 2 amide bonds. The molecule has 1 aliphatic rings. The van der Waals surface area contributed by atoms with Crippen molar-refractivity contribution < 1.29 is 19.1 Å². The Morgan fingerprint density at radius 3 is 2.26 bits per heavy atom. The number of carbonyl (C=O) groups excluding carboxylic acids is 2. The van der Waals surface area contributed by atoms with Gasteiger partial charge in [-0.05, 0) is 40.0 Å². The summed E-state index contributed by atoms with van der Waals surface area (Å²) in [6.07, 6.45) is 2.56. The van der Waals surface area contributed by atoms with Crippen molar-refractivity contribution in [2.45, 2.75) is 78.0 Å². The lowest BCUT2D eigenvalue weighted by molar-refractivity contribution is -0.124. The van der Waals surface area contributed by atoms with Crippen molar-refractivity contribution in [2.24, 2.45) is 5.41 Å². The average Bonchev–Trinajstić information content (AvgIpc) is 2.40. The van der Waals surface area contributed by atoms with E-state index in [1.54, 1.807) is 7.11 Å². The Morgan fingerprint density at radius 2 is 1.74 bits per heavy atom. The molecule has 6 heteroatoms. The van der Waals surface area contributed by atoms with Gasteiger partial charge in [0.25, 0.3) is 0 Å². The van der Waals surface area contributed by atoms with Gasteiger partial charge in [-0.15, -0.1) is 0 Å². The lowest BCUT2D eigenvalue weighted by Crippen LogP contribution is -2.66. The summed E-state index contributed by atoms with van der Waals surface area (Å²) in [6, 6.07) is 0.0912. The summed E-state index contributed by atoms with van der Waals surface area (Å²) in [5.74, 6) is 0.0647. The fraction of sp³-hybridized carbons (Fsp3) is 0.882. The van der Waals surface area contributed by atoms with Crippen molar-refractivity contribution in [2.75, 3.05) is 13.7 Å². The number of carbonyl (C=O) groups is 2. The molecule has 0 unspecified atom stereocenters. The molecule has 1 aliphatic carbocycles. The second-order valence-electron chi connectivity index (χ2n) is 7.83. The van der Waals surface area contributed by atoms with E-state index >= 15 is 0 Å². The maximum atomic E-state index is 11.9. The van der Waals surface area contributed by atoms with Crippen molar-refractivity contribution in [3.05, 3.63) is 0 Å². The largest absolute Gasteiger partial charge is 0.444 e. The summed E-state index contributed by atoms with van der Waals surface area (Å²) >= 11 is 0. The maximum Gasteiger partial charge on any atom is 0.407 e. The third kappa shape index (κ3) is 6.37. The molecular formula is C17H32N2O4. The number of amides is 2. The molecule has 134 valence electrons. The van der Waals surface area contributed by atoms with Gasteiger partial charge in [0, 0.05) is 37.6 Å². The molecule has 1 saturated carbocycles. The maximum absolute atomic E-state index is 11.9. The second-order valence-corrected chi connectivity index (χ2v) is 7.83. The number of nitrogens with one attached hydrogen (secondary N) is 2. The molecule has 2 atom stereocenters. The Balaban J connectivity index is 2.34. The normalized spacial score (nSPS) is 22.9. The molecule has 0 heterocycles. The molecule has 0 bridgehead atoms. The summed E-state index contributed by atoms with van der Waals surface area (Å²) in [5.41, 5.74) is -0.688. The van der Waals surface area contributed by atoms with E-state index in [4.69, 9.17) is 9.47 Å². The van der Waals surface area contributed by atoms with Crippen LogP contribution in [0, 0.1) is 5.41 Å². The van der Waals surface area contributed by atoms with E-state index in [9.17, 15) is 9.59 Å². The molecule has 0 aliphatic heterocycles. The molecular weight excluding hydrogens is 296 g/mol. The molecule has 0 saturated heterocycles. The summed E-state index contributed by atoms with van der Waals surface area (Å²) in [7, 11) is 1.66. The molecule has 0 aromatic heterocycles. The van der Waals surface area contributed by atoms with Crippen molar-refractivity contribution in [3.8, 4) is 0 Å². The van der Waals surface area contributed by atoms with Crippen LogP contribution < -0.4 is 10.6 Å². The number of methoxy groups -OCH3 is 1. The molecule has 23 heavy (non-hydrogen) atoms. The monoisotopic (exact) mass is 328 g/mol. The van der Waals surface area contributed by atoms with E-state index < -0.39 is 11.7 Å². The highest BCUT2D eigenvalue weighted by Gasteiger charge is 2.49. The lowest BCUT2D eigenvalue weighted by Gasteiger charge is -2.52. The Hall–Kier alpha value is -1.30. The molecule has 0 spiro atoms. The van der Waals surface area contributed by atoms with Crippen LogP contribution in [0.2, 0.25) is 0 Å². The minimum absolute atomic E-state index is 0.0103. The zero-order valence-corrected chi connectivity index (χ0v) is 15.3. The van der Waals surface area contributed by atoms with Gasteiger partial charge in [-0.1, -0.05) is 13.8 Å². The van der Waals surface area contributed by atoms with E-state index in [-0.39, 0.29) is 23.4 Å². The lowest BCUT2D eigenvalue weighted by atomic mass is 9.63. The number of ether oxygens (including phenoxy) is 2. The van der Waals surface area contributed by atoms with E-state index in [1.165, 1.54) is 0 Å². The average molecular weight is 328 g/mol. The zero-order chi connectivity index (χ0) is 17.7. The van der Waals surface area contributed by atoms with Crippen LogP contribution in [-0.4, -0.2) is 43.4 Å². The number of rotatable bonds is 7. The van der Waals surface area contributed by atoms with Crippen LogP contribution in [0.15, 0.2) is 0 Å². The quantitative estimate of drug-likeness (QED) is 0.704. The molecule has 1 fully saturated rings. The summed E-state index contributed by atoms with van der Waals surface area (Å²) in [4.78, 5) is 23.8. The van der Waals surface area contributed by atoms with Crippen LogP contribution in [0.1, 0.15) is 60.3 Å². The third-order valence-corrected chi connectivity index (χ3v) is 4.30. The SMILES string of the molecule is COCCCCC(=O)N[C@H]1C[C@H](NC(=O)OC(C)(C)C)C1(C)C. The molecule has 2 N–H and O–H groups in total. The fourth-order valence-corrected chi connectivity index (χ4v) is 2.66. The van der Waals surface area contributed by atoms with Gasteiger partial charge in [-0.3, -0.25) is 4.79 Å². The number of hydrogen-bond acceptors (Lipinski definition) is 4. The molecule has 1 rings (SSSR count). The first-order valence-electron chi connectivity index (χ1n) is 8.34. The van der Waals surface area contributed by atoms with Crippen LogP contribution in [0.3, 0.4) is 0 Å². The second kappa shape index (κ2) is 7.99. The smallest absolute Gasteiger partial charge is 0.407 e. The van der Waals surface area contributed by atoms with E-state index in [0.717, 1.165) is 19.3 Å². The number of hydrogen-bond donors (Lipinski definition) is 2. The highest BCUT2D eigenvalue weighted by atomic mass is 16.6. The summed E-state index contributed by atoms with van der Waals surface area (Å²) in [5, 5.41) is 5.96. The van der Waals surface area contributed by atoms with Crippen LogP contribution in [0.4, 0.5) is 4.79 Å². The van der Waals surface area contributed by atoms with Gasteiger partial charge in [0.15, 0.2) is 0 Å². The van der Waals surface area contributed by atoms with Crippen LogP contribution in [0.25, 0.3) is 0 Å². The first kappa shape index (κ1) is 19.7. The molecule has 0 aromatic rings. The van der Waals surface area contributed by atoms with Crippen LogP contribution in [0.5, 0.6) is 0 Å². The minimum atomic E-state index is -0.506. The first-order chi connectivity index (χ1) is 10.6. The third-order valence-electron chi connectivity index (χ3n) is 4.30. The predicted molar refractivity (Wildman–Crippen MR) is 89.2 cm³/mol. The van der Waals surface area contributed by atoms with E-state index in [0.29, 0.717) is 13.0 Å². The highest BCUT2D eigenvalue weighted by Crippen LogP contribution is 2.40. The summed E-state index contributed by atoms with van der Waals surface area (Å²) < 4.78 is 10.3. The van der Waals surface area contributed by atoms with Gasteiger partial charge in [0.2, 0.25) is 5.91 Å². The topological polar surface area (TPSA) is 76.7 Å². The summed E-state index contributed by atoms with van der Waals surface area (Å²) in [6.45, 7) is 10.3. The number of alkyl carbamates (subject to hydrolysis) is 1. The zero-order valence-electron chi connectivity index (χ0n) is 15.3. The molecule has 6 nitrogen and oxygen atoms in total. The Bertz CT molecular complexity index is 415. The Labute approximate surface area is 139 Å². The Morgan fingerprint density at radius 1 is 1.13 bits per heavy atom. The van der Waals surface area contributed by atoms with Gasteiger partial charge in [-0.2, -0.15) is 0 Å². The van der Waals surface area contributed by atoms with Crippen LogP contribution in [-0.2, 0) is 14.3 Å². The van der Waals surface area contributed by atoms with Gasteiger partial charge in [0.05, 0.1) is 0 Å². The van der Waals surface area contributed by atoms with Crippen molar-refractivity contribution in [1.29, 1.82) is 0 Å². The molecule has 0 aromatic carbocycles. The molecule has 0 radical (unpaired) electrons.